The van der Waals surface area contributed by atoms with Gasteiger partial charge in [-0.3, -0.25) is 4.79 Å². The highest BCUT2D eigenvalue weighted by atomic mass is 35.5. The number of aromatic nitrogens is 1. The molecule has 1 heterocycles. The molecule has 1 amide bonds. The van der Waals surface area contributed by atoms with Gasteiger partial charge in [-0.15, -0.1) is 11.3 Å². The van der Waals surface area contributed by atoms with Crippen molar-refractivity contribution in [3.05, 3.63) is 44.9 Å². The van der Waals surface area contributed by atoms with E-state index in [4.69, 9.17) is 29.0 Å². The highest BCUT2D eigenvalue weighted by molar-refractivity contribution is 7.14. The molecule has 0 aliphatic rings. The number of carbonyl (C=O) groups is 1. The lowest BCUT2D eigenvalue weighted by Crippen LogP contribution is -2.37. The molecule has 0 aliphatic heterocycles. The van der Waals surface area contributed by atoms with Crippen molar-refractivity contribution in [3.8, 4) is 0 Å². The van der Waals surface area contributed by atoms with E-state index in [1.165, 1.54) is 18.2 Å². The third kappa shape index (κ3) is 3.65. The van der Waals surface area contributed by atoms with Crippen molar-refractivity contribution in [2.24, 2.45) is 5.84 Å². The summed E-state index contributed by atoms with van der Waals surface area (Å²) in [6.07, 6.45) is -4.60. The van der Waals surface area contributed by atoms with E-state index in [1.807, 2.05) is 0 Å². The molecule has 112 valence electrons. The maximum absolute atomic E-state index is 12.5. The van der Waals surface area contributed by atoms with E-state index in [2.05, 4.69) is 4.98 Å². The summed E-state index contributed by atoms with van der Waals surface area (Å²) in [5, 5.41) is 1.40. The Hall–Kier alpha value is -1.35. The van der Waals surface area contributed by atoms with Crippen LogP contribution in [0.4, 0.5) is 18.3 Å². The number of nitrogens with zero attached hydrogens (tertiary/aromatic N) is 2. The first kappa shape index (κ1) is 16.0. The van der Waals surface area contributed by atoms with Gasteiger partial charge in [0, 0.05) is 21.0 Å². The van der Waals surface area contributed by atoms with Gasteiger partial charge in [0.15, 0.2) is 5.69 Å². The molecule has 0 atom stereocenters. The van der Waals surface area contributed by atoms with E-state index in [-0.39, 0.29) is 20.7 Å². The second-order valence-corrected chi connectivity index (χ2v) is 5.56. The molecule has 0 saturated heterocycles. The van der Waals surface area contributed by atoms with Crippen molar-refractivity contribution in [3.63, 3.8) is 0 Å². The predicted octanol–water partition coefficient (Wildman–Crippen LogP) is 3.99. The standard InChI is InChI=1S/C11H6Cl2F3N3OS/c12-6-1-5(2-7(13)3-6)9(20)19(17)10-18-8(4-21-10)11(14,15)16/h1-4H,17H2. The lowest BCUT2D eigenvalue weighted by Gasteiger charge is -2.13. The number of rotatable bonds is 2. The Morgan fingerprint density at radius 2 is 1.81 bits per heavy atom. The minimum Gasteiger partial charge on any atom is -0.267 e. The van der Waals surface area contributed by atoms with E-state index in [9.17, 15) is 18.0 Å². The molecule has 2 N–H and O–H groups in total. The van der Waals surface area contributed by atoms with Gasteiger partial charge < -0.3 is 0 Å². The molecule has 2 aromatic rings. The van der Waals surface area contributed by atoms with Crippen molar-refractivity contribution in [2.75, 3.05) is 5.01 Å². The van der Waals surface area contributed by atoms with Crippen molar-refractivity contribution >= 4 is 45.6 Å². The number of halogens is 5. The monoisotopic (exact) mass is 355 g/mol. The fourth-order valence-electron chi connectivity index (χ4n) is 1.41. The van der Waals surface area contributed by atoms with Gasteiger partial charge in [0.1, 0.15) is 0 Å². The first-order chi connectivity index (χ1) is 9.68. The van der Waals surface area contributed by atoms with Crippen molar-refractivity contribution < 1.29 is 18.0 Å². The minimum absolute atomic E-state index is 0.0405. The lowest BCUT2D eigenvalue weighted by atomic mass is 10.2. The van der Waals surface area contributed by atoms with Crippen molar-refractivity contribution in [2.45, 2.75) is 6.18 Å². The zero-order valence-corrected chi connectivity index (χ0v) is 12.3. The molecule has 0 aliphatic carbocycles. The largest absolute Gasteiger partial charge is 0.434 e. The van der Waals surface area contributed by atoms with E-state index < -0.39 is 17.8 Å². The van der Waals surface area contributed by atoms with Gasteiger partial charge in [0.2, 0.25) is 5.13 Å². The molecular weight excluding hydrogens is 350 g/mol. The second-order valence-electron chi connectivity index (χ2n) is 3.85. The Kier molecular flexibility index (Phi) is 4.43. The molecular formula is C11H6Cl2F3N3OS. The molecule has 1 aromatic heterocycles. The van der Waals surface area contributed by atoms with E-state index in [0.717, 1.165) is 5.38 Å². The van der Waals surface area contributed by atoms with Gasteiger partial charge in [0.25, 0.3) is 5.91 Å². The first-order valence-electron chi connectivity index (χ1n) is 5.26. The fraction of sp³-hybridized carbons (Fsp3) is 0.0909. The van der Waals surface area contributed by atoms with E-state index in [1.54, 1.807) is 0 Å². The number of carbonyl (C=O) groups excluding carboxylic acids is 1. The maximum atomic E-state index is 12.5. The van der Waals surface area contributed by atoms with Crippen LogP contribution >= 0.6 is 34.5 Å². The number of hydrazine groups is 1. The average Bonchev–Trinajstić information content (AvgIpc) is 2.85. The quantitative estimate of drug-likeness (QED) is 0.503. The number of anilines is 1. The molecule has 4 nitrogen and oxygen atoms in total. The summed E-state index contributed by atoms with van der Waals surface area (Å²) in [7, 11) is 0. The van der Waals surface area contributed by atoms with Gasteiger partial charge >= 0.3 is 6.18 Å². The Morgan fingerprint density at radius 1 is 1.24 bits per heavy atom. The van der Waals surface area contributed by atoms with Gasteiger partial charge in [-0.1, -0.05) is 23.2 Å². The summed E-state index contributed by atoms with van der Waals surface area (Å²) in [4.78, 5) is 15.4. The molecule has 0 saturated carbocycles. The van der Waals surface area contributed by atoms with Crippen LogP contribution in [0.3, 0.4) is 0 Å². The number of benzene rings is 1. The molecule has 0 fully saturated rings. The first-order valence-corrected chi connectivity index (χ1v) is 6.90. The molecule has 0 unspecified atom stereocenters. The summed E-state index contributed by atoms with van der Waals surface area (Å²) in [6.45, 7) is 0. The Balaban J connectivity index is 2.29. The highest BCUT2D eigenvalue weighted by Crippen LogP contribution is 2.32. The van der Waals surface area contributed by atoms with Crippen LogP contribution in [-0.4, -0.2) is 10.9 Å². The zero-order valence-electron chi connectivity index (χ0n) is 9.99. The van der Waals surface area contributed by atoms with Gasteiger partial charge in [0.05, 0.1) is 0 Å². The number of nitrogens with two attached hydrogens (primary N) is 1. The smallest absolute Gasteiger partial charge is 0.267 e. The highest BCUT2D eigenvalue weighted by Gasteiger charge is 2.34. The normalized spacial score (nSPS) is 11.5. The number of alkyl halides is 3. The van der Waals surface area contributed by atoms with Gasteiger partial charge in [-0.25, -0.2) is 15.8 Å². The van der Waals surface area contributed by atoms with Gasteiger partial charge in [-0.2, -0.15) is 13.2 Å². The SMILES string of the molecule is NN(C(=O)c1cc(Cl)cc(Cl)c1)c1nc(C(F)(F)F)cs1. The Labute approximate surface area is 130 Å². The molecule has 0 radical (unpaired) electrons. The summed E-state index contributed by atoms with van der Waals surface area (Å²) >= 11 is 12.1. The van der Waals surface area contributed by atoms with E-state index in [0.29, 0.717) is 16.3 Å². The zero-order chi connectivity index (χ0) is 15.8. The summed E-state index contributed by atoms with van der Waals surface area (Å²) in [6, 6.07) is 4.01. The molecule has 10 heteroatoms. The average molecular weight is 356 g/mol. The molecule has 0 spiro atoms. The summed E-state index contributed by atoms with van der Waals surface area (Å²) in [5.74, 6) is 4.73. The van der Waals surface area contributed by atoms with Crippen LogP contribution in [0.2, 0.25) is 10.0 Å². The van der Waals surface area contributed by atoms with Crippen LogP contribution in [0, 0.1) is 0 Å². The lowest BCUT2D eigenvalue weighted by molar-refractivity contribution is -0.140. The predicted molar refractivity (Wildman–Crippen MR) is 74.6 cm³/mol. The third-order valence-corrected chi connectivity index (χ3v) is 3.59. The van der Waals surface area contributed by atoms with Crippen LogP contribution in [0.5, 0.6) is 0 Å². The van der Waals surface area contributed by atoms with Crippen LogP contribution < -0.4 is 10.9 Å². The Bertz CT molecular complexity index is 669. The number of hydrogen-bond acceptors (Lipinski definition) is 4. The number of hydrogen-bond donors (Lipinski definition) is 1. The fourth-order valence-corrected chi connectivity index (χ4v) is 2.69. The Morgan fingerprint density at radius 3 is 2.29 bits per heavy atom. The minimum atomic E-state index is -4.60. The number of thiazole rings is 1. The summed E-state index contributed by atoms with van der Waals surface area (Å²) < 4.78 is 37.4. The third-order valence-electron chi connectivity index (χ3n) is 2.32. The maximum Gasteiger partial charge on any atom is 0.434 e. The summed E-state index contributed by atoms with van der Waals surface area (Å²) in [5.41, 5.74) is -1.08. The molecule has 0 bridgehead atoms. The van der Waals surface area contributed by atoms with Crippen LogP contribution in [-0.2, 0) is 6.18 Å². The molecule has 1 aromatic carbocycles. The molecule has 2 rings (SSSR count). The van der Waals surface area contributed by atoms with Crippen LogP contribution in [0.1, 0.15) is 16.1 Å². The van der Waals surface area contributed by atoms with Crippen LogP contribution in [0.25, 0.3) is 0 Å². The van der Waals surface area contributed by atoms with Gasteiger partial charge in [-0.05, 0) is 18.2 Å². The molecule has 21 heavy (non-hydrogen) atoms. The van der Waals surface area contributed by atoms with Crippen molar-refractivity contribution in [1.29, 1.82) is 0 Å². The van der Waals surface area contributed by atoms with Crippen LogP contribution in [0.15, 0.2) is 23.6 Å². The van der Waals surface area contributed by atoms with E-state index >= 15 is 0 Å². The number of amides is 1. The second kappa shape index (κ2) is 5.80. The van der Waals surface area contributed by atoms with Crippen molar-refractivity contribution in [1.82, 2.24) is 4.98 Å². The topological polar surface area (TPSA) is 59.2 Å².